The molecule has 2 heterocycles. The van der Waals surface area contributed by atoms with Crippen molar-refractivity contribution < 1.29 is 9.59 Å². The highest BCUT2D eigenvalue weighted by molar-refractivity contribution is 6.00. The molecular weight excluding hydrogens is 242 g/mol. The average Bonchev–Trinajstić information content (AvgIpc) is 2.80. The first-order chi connectivity index (χ1) is 9.17. The highest BCUT2D eigenvalue weighted by atomic mass is 16.2. The van der Waals surface area contributed by atoms with Gasteiger partial charge in [-0.2, -0.15) is 0 Å². The number of nitrogens with two attached hydrogens (primary N) is 1. The molecule has 0 bridgehead atoms. The van der Waals surface area contributed by atoms with E-state index in [-0.39, 0.29) is 17.9 Å². The number of benzene rings is 1. The van der Waals surface area contributed by atoms with Crippen molar-refractivity contribution in [1.29, 1.82) is 0 Å². The minimum absolute atomic E-state index is 0.164. The smallest absolute Gasteiger partial charge is 0.243 e. The van der Waals surface area contributed by atoms with Crippen molar-refractivity contribution in [3.63, 3.8) is 0 Å². The van der Waals surface area contributed by atoms with Gasteiger partial charge < -0.3 is 5.73 Å². The molecular formula is C14H17N3O2. The second-order valence-corrected chi connectivity index (χ2v) is 5.18. The van der Waals surface area contributed by atoms with Crippen molar-refractivity contribution in [1.82, 2.24) is 10.2 Å². The number of nitrogens with one attached hydrogen (secondary N) is 1. The van der Waals surface area contributed by atoms with Gasteiger partial charge in [0.2, 0.25) is 11.8 Å². The molecule has 2 amide bonds. The van der Waals surface area contributed by atoms with Gasteiger partial charge in [0.1, 0.15) is 0 Å². The lowest BCUT2D eigenvalue weighted by molar-refractivity contribution is -0.137. The second-order valence-electron chi connectivity index (χ2n) is 5.18. The van der Waals surface area contributed by atoms with Gasteiger partial charge >= 0.3 is 0 Å². The van der Waals surface area contributed by atoms with E-state index in [2.05, 4.69) is 22.3 Å². The van der Waals surface area contributed by atoms with Crippen molar-refractivity contribution in [3.05, 3.63) is 34.9 Å². The standard InChI is InChI=1S/C14H17N3O2/c15-6-9-1-2-10-7-17(8-11(10)5-9)12-3-4-13(18)16-14(12)19/h1-2,5,12H,3-4,6-8,15H2,(H,16,18,19). The maximum Gasteiger partial charge on any atom is 0.243 e. The lowest BCUT2D eigenvalue weighted by Gasteiger charge is -2.29. The Bertz CT molecular complexity index is 541. The Morgan fingerprint density at radius 2 is 2.05 bits per heavy atom. The summed E-state index contributed by atoms with van der Waals surface area (Å²) in [5, 5.41) is 2.42. The molecule has 0 spiro atoms. The topological polar surface area (TPSA) is 75.4 Å². The second kappa shape index (κ2) is 4.75. The van der Waals surface area contributed by atoms with E-state index in [0.29, 0.717) is 19.4 Å². The molecule has 5 nitrogen and oxygen atoms in total. The van der Waals surface area contributed by atoms with Crippen molar-refractivity contribution in [2.45, 2.75) is 38.5 Å². The summed E-state index contributed by atoms with van der Waals surface area (Å²) in [6.45, 7) is 2.06. The number of piperidine rings is 1. The lowest BCUT2D eigenvalue weighted by atomic mass is 10.0. The van der Waals surface area contributed by atoms with Crippen molar-refractivity contribution >= 4 is 11.8 Å². The highest BCUT2D eigenvalue weighted by Crippen LogP contribution is 2.27. The van der Waals surface area contributed by atoms with Gasteiger partial charge in [-0.15, -0.1) is 0 Å². The van der Waals surface area contributed by atoms with Crippen molar-refractivity contribution in [2.75, 3.05) is 0 Å². The summed E-state index contributed by atoms with van der Waals surface area (Å²) in [6, 6.07) is 6.05. The molecule has 19 heavy (non-hydrogen) atoms. The molecule has 3 N–H and O–H groups in total. The number of fused-ring (bicyclic) bond motifs is 1. The number of hydrogen-bond donors (Lipinski definition) is 2. The van der Waals surface area contributed by atoms with Crippen LogP contribution in [0.1, 0.15) is 29.5 Å². The van der Waals surface area contributed by atoms with Crippen LogP contribution in [0.4, 0.5) is 0 Å². The molecule has 1 aromatic rings. The summed E-state index contributed by atoms with van der Waals surface area (Å²) in [7, 11) is 0. The van der Waals surface area contributed by atoms with Crippen molar-refractivity contribution in [3.8, 4) is 0 Å². The first-order valence-corrected chi connectivity index (χ1v) is 6.56. The summed E-state index contributed by atoms with van der Waals surface area (Å²) in [4.78, 5) is 25.2. The minimum Gasteiger partial charge on any atom is -0.326 e. The maximum absolute atomic E-state index is 11.9. The SMILES string of the molecule is NCc1ccc2c(c1)CN(C1CCC(=O)NC1=O)C2. The van der Waals surface area contributed by atoms with Crippen molar-refractivity contribution in [2.24, 2.45) is 5.73 Å². The van der Waals surface area contributed by atoms with Crippen LogP contribution in [0.15, 0.2) is 18.2 Å². The number of carbonyl (C=O) groups excluding carboxylic acids is 2. The first kappa shape index (κ1) is 12.3. The molecule has 1 atom stereocenters. The molecule has 0 aliphatic carbocycles. The predicted octanol–water partition coefficient (Wildman–Crippen LogP) is 0.266. The third kappa shape index (κ3) is 2.27. The average molecular weight is 259 g/mol. The number of nitrogens with zero attached hydrogens (tertiary/aromatic N) is 1. The molecule has 2 aliphatic rings. The van der Waals surface area contributed by atoms with Gasteiger partial charge in [-0.25, -0.2) is 0 Å². The van der Waals surface area contributed by atoms with Gasteiger partial charge in [-0.05, 0) is 23.1 Å². The van der Waals surface area contributed by atoms with E-state index in [1.165, 1.54) is 11.1 Å². The fourth-order valence-electron chi connectivity index (χ4n) is 2.85. The monoisotopic (exact) mass is 259 g/mol. The third-order valence-electron chi connectivity index (χ3n) is 3.90. The third-order valence-corrected chi connectivity index (χ3v) is 3.90. The van der Waals surface area contributed by atoms with Gasteiger partial charge in [0.25, 0.3) is 0 Å². The fraction of sp³-hybridized carbons (Fsp3) is 0.429. The number of hydrogen-bond acceptors (Lipinski definition) is 4. The highest BCUT2D eigenvalue weighted by Gasteiger charge is 2.34. The number of rotatable bonds is 2. The van der Waals surface area contributed by atoms with Crippen LogP contribution in [-0.4, -0.2) is 22.8 Å². The molecule has 100 valence electrons. The molecule has 1 aromatic carbocycles. The Morgan fingerprint density at radius 3 is 2.79 bits per heavy atom. The van der Waals surface area contributed by atoms with E-state index >= 15 is 0 Å². The molecule has 0 radical (unpaired) electrons. The van der Waals surface area contributed by atoms with Gasteiger partial charge in [-0.1, -0.05) is 18.2 Å². The van der Waals surface area contributed by atoms with Gasteiger partial charge in [0, 0.05) is 26.1 Å². The van der Waals surface area contributed by atoms with E-state index in [1.54, 1.807) is 0 Å². The van der Waals surface area contributed by atoms with E-state index < -0.39 is 0 Å². The zero-order valence-electron chi connectivity index (χ0n) is 10.7. The Labute approximate surface area is 111 Å². The molecule has 0 aromatic heterocycles. The zero-order chi connectivity index (χ0) is 13.4. The molecule has 5 heteroatoms. The lowest BCUT2D eigenvalue weighted by Crippen LogP contribution is -2.50. The van der Waals surface area contributed by atoms with Crippen LogP contribution in [0.5, 0.6) is 0 Å². The summed E-state index contributed by atoms with van der Waals surface area (Å²) in [6.07, 6.45) is 1.04. The van der Waals surface area contributed by atoms with Crippen LogP contribution in [0.25, 0.3) is 0 Å². The molecule has 1 unspecified atom stereocenters. The van der Waals surface area contributed by atoms with E-state index in [0.717, 1.165) is 18.7 Å². The molecule has 2 aliphatic heterocycles. The minimum atomic E-state index is -0.188. The van der Waals surface area contributed by atoms with Crippen LogP contribution in [0.3, 0.4) is 0 Å². The Balaban J connectivity index is 1.76. The van der Waals surface area contributed by atoms with Crippen LogP contribution in [0.2, 0.25) is 0 Å². The first-order valence-electron chi connectivity index (χ1n) is 6.56. The number of carbonyl (C=O) groups is 2. The number of imide groups is 1. The van der Waals surface area contributed by atoms with E-state index in [9.17, 15) is 9.59 Å². The quantitative estimate of drug-likeness (QED) is 0.747. The molecule has 1 saturated heterocycles. The van der Waals surface area contributed by atoms with Gasteiger partial charge in [0.05, 0.1) is 6.04 Å². The normalized spacial score (nSPS) is 23.3. The van der Waals surface area contributed by atoms with Crippen LogP contribution >= 0.6 is 0 Å². The Kier molecular flexibility index (Phi) is 3.08. The Hall–Kier alpha value is -1.72. The Morgan fingerprint density at radius 1 is 1.26 bits per heavy atom. The van der Waals surface area contributed by atoms with Crippen LogP contribution in [-0.2, 0) is 29.2 Å². The number of amides is 2. The molecule has 0 saturated carbocycles. The van der Waals surface area contributed by atoms with E-state index in [4.69, 9.17) is 5.73 Å². The largest absolute Gasteiger partial charge is 0.326 e. The van der Waals surface area contributed by atoms with Gasteiger partial charge in [0.15, 0.2) is 0 Å². The van der Waals surface area contributed by atoms with Gasteiger partial charge in [-0.3, -0.25) is 19.8 Å². The molecule has 1 fully saturated rings. The summed E-state index contributed by atoms with van der Waals surface area (Å²) >= 11 is 0. The fourth-order valence-corrected chi connectivity index (χ4v) is 2.85. The maximum atomic E-state index is 11.9. The summed E-state index contributed by atoms with van der Waals surface area (Å²) < 4.78 is 0. The molecule has 3 rings (SSSR count). The van der Waals surface area contributed by atoms with Crippen LogP contribution in [0, 0.1) is 0 Å². The zero-order valence-corrected chi connectivity index (χ0v) is 10.7. The summed E-state index contributed by atoms with van der Waals surface area (Å²) in [5.41, 5.74) is 9.25. The van der Waals surface area contributed by atoms with Crippen LogP contribution < -0.4 is 11.1 Å². The predicted molar refractivity (Wildman–Crippen MR) is 69.8 cm³/mol. The summed E-state index contributed by atoms with van der Waals surface area (Å²) in [5.74, 6) is -0.327. The van der Waals surface area contributed by atoms with E-state index in [1.807, 2.05) is 6.07 Å².